The van der Waals surface area contributed by atoms with Crippen LogP contribution in [0.1, 0.15) is 21.5 Å². The fraction of sp³-hybridized carbons (Fsp3) is 0.174. The first kappa shape index (κ1) is 21.9. The molecule has 0 atom stereocenters. The number of halogens is 1. The quantitative estimate of drug-likeness (QED) is 0.538. The number of hydrogen-bond donors (Lipinski definition) is 0. The number of amides is 1. The topological polar surface area (TPSA) is 57.7 Å². The maximum absolute atomic E-state index is 12.7. The molecule has 0 bridgehead atoms. The van der Waals surface area contributed by atoms with Crippen molar-refractivity contribution in [3.8, 4) is 0 Å². The lowest BCUT2D eigenvalue weighted by Gasteiger charge is -2.23. The number of rotatable bonds is 7. The summed E-state index contributed by atoms with van der Waals surface area (Å²) in [5, 5.41) is 0.462. The first-order valence-corrected chi connectivity index (χ1v) is 11.6. The van der Waals surface area contributed by atoms with Gasteiger partial charge in [-0.25, -0.2) is 8.42 Å². The Hall–Kier alpha value is -2.83. The normalized spacial score (nSPS) is 11.2. The lowest BCUT2D eigenvalue weighted by molar-refractivity contribution is 0.0785. The van der Waals surface area contributed by atoms with Gasteiger partial charge in [-0.3, -0.25) is 9.10 Å². The molecular weight excluding hydrogens is 420 g/mol. The number of anilines is 1. The van der Waals surface area contributed by atoms with Crippen LogP contribution >= 0.6 is 11.6 Å². The summed E-state index contributed by atoms with van der Waals surface area (Å²) in [6, 6.07) is 23.5. The molecule has 3 aromatic carbocycles. The van der Waals surface area contributed by atoms with Crippen molar-refractivity contribution in [2.24, 2.45) is 0 Å². The van der Waals surface area contributed by atoms with Crippen molar-refractivity contribution in [2.75, 3.05) is 17.6 Å². The molecule has 0 fully saturated rings. The summed E-state index contributed by atoms with van der Waals surface area (Å²) in [7, 11) is -1.75. The molecule has 30 heavy (non-hydrogen) atoms. The van der Waals surface area contributed by atoms with E-state index in [4.69, 9.17) is 11.6 Å². The third-order valence-corrected chi connectivity index (χ3v) is 6.01. The second-order valence-corrected chi connectivity index (χ2v) is 9.44. The fourth-order valence-corrected chi connectivity index (χ4v) is 4.16. The zero-order valence-corrected chi connectivity index (χ0v) is 18.4. The van der Waals surface area contributed by atoms with Crippen molar-refractivity contribution in [2.45, 2.75) is 13.1 Å². The van der Waals surface area contributed by atoms with Crippen LogP contribution < -0.4 is 4.31 Å². The van der Waals surface area contributed by atoms with Crippen molar-refractivity contribution in [3.63, 3.8) is 0 Å². The minimum atomic E-state index is -3.51. The molecule has 0 aliphatic heterocycles. The molecule has 3 rings (SSSR count). The average molecular weight is 443 g/mol. The van der Waals surface area contributed by atoms with Gasteiger partial charge >= 0.3 is 0 Å². The van der Waals surface area contributed by atoms with Gasteiger partial charge in [0.05, 0.1) is 18.5 Å². The van der Waals surface area contributed by atoms with Gasteiger partial charge in [0.15, 0.2) is 0 Å². The van der Waals surface area contributed by atoms with Crippen LogP contribution in [-0.2, 0) is 23.1 Å². The molecule has 0 N–H and O–H groups in total. The molecule has 0 aliphatic rings. The molecule has 0 aromatic heterocycles. The zero-order chi connectivity index (χ0) is 21.7. The number of sulfonamides is 1. The molecule has 0 unspecified atom stereocenters. The highest BCUT2D eigenvalue weighted by Gasteiger charge is 2.19. The van der Waals surface area contributed by atoms with Gasteiger partial charge in [-0.05, 0) is 41.5 Å². The molecular formula is C23H23ClN2O3S. The average Bonchev–Trinajstić information content (AvgIpc) is 2.72. The van der Waals surface area contributed by atoms with Crippen LogP contribution in [-0.4, -0.2) is 32.5 Å². The van der Waals surface area contributed by atoms with Gasteiger partial charge in [-0.2, -0.15) is 0 Å². The Morgan fingerprint density at radius 3 is 2.10 bits per heavy atom. The van der Waals surface area contributed by atoms with Gasteiger partial charge in [-0.1, -0.05) is 60.1 Å². The summed E-state index contributed by atoms with van der Waals surface area (Å²) in [6.07, 6.45) is 1.16. The molecule has 5 nitrogen and oxygen atoms in total. The van der Waals surface area contributed by atoms with E-state index in [-0.39, 0.29) is 12.5 Å². The van der Waals surface area contributed by atoms with E-state index in [2.05, 4.69) is 0 Å². The second kappa shape index (κ2) is 9.32. The predicted octanol–water partition coefficient (Wildman–Crippen LogP) is 4.58. The summed E-state index contributed by atoms with van der Waals surface area (Å²) in [5.74, 6) is -0.0970. The summed E-state index contributed by atoms with van der Waals surface area (Å²) >= 11 is 6.02. The van der Waals surface area contributed by atoms with E-state index < -0.39 is 10.0 Å². The lowest BCUT2D eigenvalue weighted by Crippen LogP contribution is -2.29. The minimum absolute atomic E-state index is 0.0970. The molecule has 0 saturated heterocycles. The van der Waals surface area contributed by atoms with Gasteiger partial charge in [0.2, 0.25) is 10.0 Å². The van der Waals surface area contributed by atoms with Crippen LogP contribution in [0.15, 0.2) is 78.9 Å². The molecule has 0 spiro atoms. The zero-order valence-electron chi connectivity index (χ0n) is 16.8. The van der Waals surface area contributed by atoms with Crippen molar-refractivity contribution >= 4 is 33.2 Å². The maximum atomic E-state index is 12.7. The van der Waals surface area contributed by atoms with E-state index in [1.165, 1.54) is 4.31 Å². The third-order valence-electron chi connectivity index (χ3n) is 4.63. The monoisotopic (exact) mass is 442 g/mol. The summed E-state index contributed by atoms with van der Waals surface area (Å²) < 4.78 is 25.9. The van der Waals surface area contributed by atoms with E-state index in [0.29, 0.717) is 22.8 Å². The van der Waals surface area contributed by atoms with Crippen molar-refractivity contribution in [1.82, 2.24) is 4.90 Å². The summed E-state index contributed by atoms with van der Waals surface area (Å²) in [5.41, 5.74) is 2.86. The fourth-order valence-electron chi connectivity index (χ4n) is 3.10. The Kier molecular flexibility index (Phi) is 6.80. The molecule has 1 amide bonds. The van der Waals surface area contributed by atoms with Gasteiger partial charge in [0.1, 0.15) is 0 Å². The highest BCUT2D eigenvalue weighted by molar-refractivity contribution is 7.92. The summed E-state index contributed by atoms with van der Waals surface area (Å²) in [4.78, 5) is 14.4. The first-order valence-electron chi connectivity index (χ1n) is 9.35. The van der Waals surface area contributed by atoms with Crippen molar-refractivity contribution in [3.05, 3.63) is 101 Å². The van der Waals surface area contributed by atoms with Gasteiger partial charge in [0.25, 0.3) is 5.91 Å². The van der Waals surface area contributed by atoms with Crippen molar-refractivity contribution < 1.29 is 13.2 Å². The lowest BCUT2D eigenvalue weighted by atomic mass is 10.1. The molecule has 7 heteroatoms. The van der Waals surface area contributed by atoms with Gasteiger partial charge < -0.3 is 4.90 Å². The second-order valence-electron chi connectivity index (χ2n) is 7.09. The van der Waals surface area contributed by atoms with Crippen LogP contribution in [0.4, 0.5) is 5.69 Å². The number of carbonyl (C=O) groups excluding carboxylic acids is 1. The van der Waals surface area contributed by atoms with Crippen LogP contribution in [0.2, 0.25) is 5.02 Å². The smallest absolute Gasteiger partial charge is 0.253 e. The predicted molar refractivity (Wildman–Crippen MR) is 121 cm³/mol. The SMILES string of the molecule is CN(Cc1ccccc1)C(=O)c1ccc(CN(c2cccc(Cl)c2)S(C)(=O)=O)cc1. The Balaban J connectivity index is 1.74. The minimum Gasteiger partial charge on any atom is -0.337 e. The molecule has 0 saturated carbocycles. The van der Waals surface area contributed by atoms with Crippen molar-refractivity contribution in [1.29, 1.82) is 0 Å². The van der Waals surface area contributed by atoms with Crippen LogP contribution in [0.3, 0.4) is 0 Å². The third kappa shape index (κ3) is 5.62. The number of nitrogens with zero attached hydrogens (tertiary/aromatic N) is 2. The maximum Gasteiger partial charge on any atom is 0.253 e. The molecule has 0 heterocycles. The standard InChI is InChI=1S/C23H23ClN2O3S/c1-25(16-18-7-4-3-5-8-18)23(27)20-13-11-19(12-14-20)17-26(30(2,28)29)22-10-6-9-21(24)15-22/h3-15H,16-17H2,1-2H3. The van der Waals surface area contributed by atoms with Crippen LogP contribution in [0.25, 0.3) is 0 Å². The van der Waals surface area contributed by atoms with Crippen LogP contribution in [0.5, 0.6) is 0 Å². The Bertz CT molecular complexity index is 1120. The number of hydrogen-bond acceptors (Lipinski definition) is 3. The molecule has 156 valence electrons. The first-order chi connectivity index (χ1) is 14.2. The Labute approximate surface area is 182 Å². The van der Waals surface area contributed by atoms with Gasteiger partial charge in [-0.15, -0.1) is 0 Å². The largest absolute Gasteiger partial charge is 0.337 e. The Morgan fingerprint density at radius 1 is 0.867 bits per heavy atom. The van der Waals surface area contributed by atoms with E-state index in [1.54, 1.807) is 60.5 Å². The molecule has 3 aromatic rings. The number of benzene rings is 3. The van der Waals surface area contributed by atoms with E-state index >= 15 is 0 Å². The molecule has 0 radical (unpaired) electrons. The highest BCUT2D eigenvalue weighted by Crippen LogP contribution is 2.24. The van der Waals surface area contributed by atoms with Gasteiger partial charge in [0, 0.05) is 24.2 Å². The Morgan fingerprint density at radius 2 is 1.50 bits per heavy atom. The van der Waals surface area contributed by atoms with E-state index in [1.807, 2.05) is 30.3 Å². The molecule has 0 aliphatic carbocycles. The van der Waals surface area contributed by atoms with Crippen LogP contribution in [0, 0.1) is 0 Å². The number of carbonyl (C=O) groups is 1. The van der Waals surface area contributed by atoms with E-state index in [0.717, 1.165) is 17.4 Å². The highest BCUT2D eigenvalue weighted by atomic mass is 35.5. The van der Waals surface area contributed by atoms with E-state index in [9.17, 15) is 13.2 Å². The summed E-state index contributed by atoms with van der Waals surface area (Å²) in [6.45, 7) is 0.658.